The number of aryl methyl sites for hydroxylation is 1. The molecule has 1 aliphatic heterocycles. The van der Waals surface area contributed by atoms with Crippen molar-refractivity contribution >= 4 is 11.7 Å². The van der Waals surface area contributed by atoms with E-state index in [0.29, 0.717) is 23.9 Å². The van der Waals surface area contributed by atoms with Gasteiger partial charge in [0.15, 0.2) is 5.78 Å². The fourth-order valence-electron chi connectivity index (χ4n) is 3.52. The third-order valence-corrected chi connectivity index (χ3v) is 4.95. The molecule has 0 spiro atoms. The molecule has 7 heteroatoms. The number of fused-ring (bicyclic) bond motifs is 1. The lowest BCUT2D eigenvalue weighted by Gasteiger charge is -2.28. The first-order valence-electron chi connectivity index (χ1n) is 9.09. The molecule has 1 aliphatic rings. The normalized spacial score (nSPS) is 15.8. The van der Waals surface area contributed by atoms with Crippen molar-refractivity contribution in [2.75, 3.05) is 5.32 Å². The molecule has 0 amide bonds. The Balaban J connectivity index is 1.75. The molecule has 4 rings (SSSR count). The van der Waals surface area contributed by atoms with E-state index in [1.165, 1.54) is 5.56 Å². The second-order valence-electron chi connectivity index (χ2n) is 6.82. The van der Waals surface area contributed by atoms with Crippen LogP contribution in [-0.2, 0) is 11.4 Å². The van der Waals surface area contributed by atoms with Crippen molar-refractivity contribution in [2.24, 2.45) is 0 Å². The average molecular weight is 375 g/mol. The fraction of sp³-hybridized carbons (Fsp3) is 0.238. The van der Waals surface area contributed by atoms with Gasteiger partial charge >= 0.3 is 0 Å². The maximum atomic E-state index is 12.4. The molecule has 28 heavy (non-hydrogen) atoms. The highest BCUT2D eigenvalue weighted by Crippen LogP contribution is 2.38. The van der Waals surface area contributed by atoms with Gasteiger partial charge in [0.2, 0.25) is 5.95 Å². The van der Waals surface area contributed by atoms with Gasteiger partial charge in [-0.3, -0.25) is 4.79 Å². The number of hydrogen-bond acceptors (Lipinski definition) is 6. The van der Waals surface area contributed by atoms with Crippen molar-refractivity contribution in [3.63, 3.8) is 0 Å². The molecule has 0 saturated heterocycles. The third kappa shape index (κ3) is 3.15. The van der Waals surface area contributed by atoms with E-state index >= 15 is 0 Å². The monoisotopic (exact) mass is 375 g/mol. The summed E-state index contributed by atoms with van der Waals surface area (Å²) in [5, 5.41) is 15.0. The lowest BCUT2D eigenvalue weighted by Crippen LogP contribution is -2.28. The van der Waals surface area contributed by atoms with Gasteiger partial charge in [0.05, 0.1) is 0 Å². The van der Waals surface area contributed by atoms with Crippen LogP contribution in [0.4, 0.5) is 5.95 Å². The minimum absolute atomic E-state index is 0.0372. The number of aromatic nitrogens is 4. The predicted octanol–water partition coefficient (Wildman–Crippen LogP) is 3.44. The van der Waals surface area contributed by atoms with Crippen molar-refractivity contribution in [3.8, 4) is 5.75 Å². The smallest absolute Gasteiger partial charge is 0.248 e. The van der Waals surface area contributed by atoms with Gasteiger partial charge in [0.25, 0.3) is 0 Å². The molecule has 2 aromatic carbocycles. The number of nitrogens with zero attached hydrogens (tertiary/aromatic N) is 4. The van der Waals surface area contributed by atoms with Crippen LogP contribution in [0.25, 0.3) is 0 Å². The summed E-state index contributed by atoms with van der Waals surface area (Å²) in [4.78, 5) is 12.4. The van der Waals surface area contributed by atoms with E-state index in [-0.39, 0.29) is 5.78 Å². The minimum Gasteiger partial charge on any atom is -0.489 e. The number of rotatable bonds is 5. The summed E-state index contributed by atoms with van der Waals surface area (Å²) < 4.78 is 7.80. The number of carbonyl (C=O) groups is 1. The quantitative estimate of drug-likeness (QED) is 0.736. The Morgan fingerprint density at radius 1 is 1.14 bits per heavy atom. The number of hydrogen-bond donors (Lipinski definition) is 1. The van der Waals surface area contributed by atoms with Gasteiger partial charge < -0.3 is 10.1 Å². The van der Waals surface area contributed by atoms with Crippen LogP contribution in [0.3, 0.4) is 0 Å². The van der Waals surface area contributed by atoms with Crippen molar-refractivity contribution in [3.05, 3.63) is 76.5 Å². The Morgan fingerprint density at radius 3 is 2.68 bits per heavy atom. The highest BCUT2D eigenvalue weighted by atomic mass is 16.5. The summed E-state index contributed by atoms with van der Waals surface area (Å²) in [6, 6.07) is 15.4. The number of Topliss-reactive ketones (excluding diaryl/α,β-unsaturated/α-hetero) is 1. The third-order valence-electron chi connectivity index (χ3n) is 4.95. The van der Waals surface area contributed by atoms with Gasteiger partial charge in [-0.15, -0.1) is 0 Å². The molecule has 1 aromatic heterocycles. The summed E-state index contributed by atoms with van der Waals surface area (Å²) in [6.07, 6.45) is 0. The molecule has 0 bridgehead atoms. The summed E-state index contributed by atoms with van der Waals surface area (Å²) in [5.41, 5.74) is 4.49. The van der Waals surface area contributed by atoms with Gasteiger partial charge in [-0.05, 0) is 48.4 Å². The van der Waals surface area contributed by atoms with Gasteiger partial charge in [0, 0.05) is 16.8 Å². The Bertz CT molecular complexity index is 1070. The highest BCUT2D eigenvalue weighted by molar-refractivity contribution is 5.96. The van der Waals surface area contributed by atoms with Crippen molar-refractivity contribution in [1.29, 1.82) is 0 Å². The zero-order chi connectivity index (χ0) is 19.7. The Hall–Kier alpha value is -3.48. The molecule has 142 valence electrons. The fourth-order valence-corrected chi connectivity index (χ4v) is 3.52. The lowest BCUT2D eigenvalue weighted by molar-refractivity contribution is -0.114. The van der Waals surface area contributed by atoms with E-state index in [1.807, 2.05) is 49.4 Å². The van der Waals surface area contributed by atoms with Crippen LogP contribution in [0.5, 0.6) is 5.75 Å². The zero-order valence-corrected chi connectivity index (χ0v) is 16.0. The topological polar surface area (TPSA) is 81.9 Å². The van der Waals surface area contributed by atoms with Crippen LogP contribution >= 0.6 is 0 Å². The second kappa shape index (κ2) is 7.26. The van der Waals surface area contributed by atoms with Crippen molar-refractivity contribution in [1.82, 2.24) is 20.2 Å². The Labute approximate surface area is 163 Å². The molecule has 1 unspecified atom stereocenters. The van der Waals surface area contributed by atoms with Crippen LogP contribution in [0.2, 0.25) is 0 Å². The summed E-state index contributed by atoms with van der Waals surface area (Å²) >= 11 is 0. The Morgan fingerprint density at radius 2 is 1.89 bits per heavy atom. The van der Waals surface area contributed by atoms with Gasteiger partial charge in [0.1, 0.15) is 18.4 Å². The van der Waals surface area contributed by atoms with Crippen molar-refractivity contribution < 1.29 is 9.53 Å². The first-order valence-corrected chi connectivity index (χ1v) is 9.09. The largest absolute Gasteiger partial charge is 0.489 e. The van der Waals surface area contributed by atoms with E-state index < -0.39 is 6.04 Å². The number of ether oxygens (including phenoxy) is 1. The van der Waals surface area contributed by atoms with Crippen LogP contribution in [-0.4, -0.2) is 26.0 Å². The zero-order valence-electron chi connectivity index (χ0n) is 16.0. The van der Waals surface area contributed by atoms with Gasteiger partial charge in [-0.25, -0.2) is 0 Å². The predicted molar refractivity (Wildman–Crippen MR) is 105 cm³/mol. The first-order chi connectivity index (χ1) is 13.6. The van der Waals surface area contributed by atoms with E-state index in [4.69, 9.17) is 4.74 Å². The minimum atomic E-state index is -0.447. The maximum absolute atomic E-state index is 12.4. The molecule has 0 saturated carbocycles. The standard InChI is InChI=1S/C21H21N5O2/c1-13-8-4-5-9-16(13)12-28-18-11-7-6-10-17(18)20-19(15(3)27)14(2)22-21-23-24-25-26(20)21/h4-11,20H,12H2,1-3H3,(H,22,23,25). The van der Waals surface area contributed by atoms with Crippen LogP contribution in [0, 0.1) is 6.92 Å². The van der Waals surface area contributed by atoms with E-state index in [9.17, 15) is 4.79 Å². The SMILES string of the molecule is CC(=O)C1=C(C)Nc2nnnn2C1c1ccccc1OCc1ccccc1C. The molecular formula is C21H21N5O2. The number of para-hydroxylation sites is 1. The van der Waals surface area contributed by atoms with Crippen LogP contribution < -0.4 is 10.1 Å². The molecule has 1 atom stereocenters. The summed E-state index contributed by atoms with van der Waals surface area (Å²) in [6.45, 7) is 5.91. The number of carbonyl (C=O) groups excluding carboxylic acids is 1. The number of nitrogens with one attached hydrogen (secondary N) is 1. The average Bonchev–Trinajstić information content (AvgIpc) is 3.14. The van der Waals surface area contributed by atoms with E-state index in [0.717, 1.165) is 16.8 Å². The molecule has 2 heterocycles. The Kier molecular flexibility index (Phi) is 4.65. The lowest BCUT2D eigenvalue weighted by atomic mass is 9.92. The molecular weight excluding hydrogens is 354 g/mol. The highest BCUT2D eigenvalue weighted by Gasteiger charge is 2.33. The van der Waals surface area contributed by atoms with Crippen molar-refractivity contribution in [2.45, 2.75) is 33.4 Å². The molecule has 7 nitrogen and oxygen atoms in total. The van der Waals surface area contributed by atoms with Gasteiger partial charge in [-0.2, -0.15) is 4.68 Å². The van der Waals surface area contributed by atoms with E-state index in [2.05, 4.69) is 33.8 Å². The first kappa shape index (κ1) is 17.9. The molecule has 0 aliphatic carbocycles. The van der Waals surface area contributed by atoms with E-state index in [1.54, 1.807) is 11.6 Å². The van der Waals surface area contributed by atoms with Crippen LogP contribution in [0.1, 0.15) is 36.6 Å². The number of benzene rings is 2. The molecule has 1 N–H and O–H groups in total. The number of tetrazole rings is 1. The molecule has 3 aromatic rings. The maximum Gasteiger partial charge on any atom is 0.248 e. The van der Waals surface area contributed by atoms with Crippen LogP contribution in [0.15, 0.2) is 59.8 Å². The van der Waals surface area contributed by atoms with Gasteiger partial charge in [-0.1, -0.05) is 47.6 Å². The molecule has 0 fully saturated rings. The summed E-state index contributed by atoms with van der Waals surface area (Å²) in [5.74, 6) is 1.16. The number of allylic oxidation sites excluding steroid dienone is 2. The second-order valence-corrected chi connectivity index (χ2v) is 6.82. The molecule has 0 radical (unpaired) electrons. The number of anilines is 1. The number of ketones is 1. The summed E-state index contributed by atoms with van der Waals surface area (Å²) in [7, 11) is 0.